The van der Waals surface area contributed by atoms with Crippen LogP contribution in [0.1, 0.15) is 51.9 Å². The van der Waals surface area contributed by atoms with Crippen molar-refractivity contribution in [2.75, 3.05) is 0 Å². The molecule has 0 unspecified atom stereocenters. The zero-order valence-corrected chi connectivity index (χ0v) is 18.3. The quantitative estimate of drug-likeness (QED) is 0.429. The summed E-state index contributed by atoms with van der Waals surface area (Å²) in [4.78, 5) is 7.65. The summed E-state index contributed by atoms with van der Waals surface area (Å²) in [5, 5.41) is 0.00885. The second kappa shape index (κ2) is 7.59. The molecule has 28 heavy (non-hydrogen) atoms. The Balaban J connectivity index is 2.34. The molecule has 0 radical (unpaired) electrons. The van der Waals surface area contributed by atoms with Crippen LogP contribution >= 0.6 is 0 Å². The third-order valence-corrected chi connectivity index (χ3v) is 9.57. The molecule has 0 saturated heterocycles. The molecule has 156 valence electrons. The van der Waals surface area contributed by atoms with E-state index in [1.165, 1.54) is 16.8 Å². The van der Waals surface area contributed by atoms with Crippen LogP contribution in [0.4, 0.5) is 17.6 Å². The molecule has 0 spiro atoms. The van der Waals surface area contributed by atoms with Crippen LogP contribution in [0.3, 0.4) is 0 Å². The lowest BCUT2D eigenvalue weighted by Crippen LogP contribution is -2.40. The molecule has 2 heterocycles. The summed E-state index contributed by atoms with van der Waals surface area (Å²) in [7, 11) is -2.02. The lowest BCUT2D eigenvalue weighted by atomic mass is 10.2. The van der Waals surface area contributed by atoms with Gasteiger partial charge in [-0.25, -0.2) is 14.4 Å². The van der Waals surface area contributed by atoms with E-state index in [1.54, 1.807) is 13.8 Å². The zero-order valence-electron chi connectivity index (χ0n) is 17.3. The molecule has 0 aromatic carbocycles. The Labute approximate surface area is 164 Å². The van der Waals surface area contributed by atoms with Crippen LogP contribution in [0.15, 0.2) is 18.5 Å². The fourth-order valence-electron chi connectivity index (χ4n) is 2.30. The Bertz CT molecular complexity index is 839. The van der Waals surface area contributed by atoms with E-state index in [-0.39, 0.29) is 29.2 Å². The summed E-state index contributed by atoms with van der Waals surface area (Å²) in [5.74, 6) is -0.866. The number of aromatic nitrogens is 3. The summed E-state index contributed by atoms with van der Waals surface area (Å²) in [6, 6.07) is 0.920. The molecule has 2 rings (SSSR count). The minimum absolute atomic E-state index is 0.00885. The van der Waals surface area contributed by atoms with Gasteiger partial charge in [-0.1, -0.05) is 20.8 Å². The van der Waals surface area contributed by atoms with Gasteiger partial charge >= 0.3 is 6.18 Å². The van der Waals surface area contributed by atoms with Gasteiger partial charge in [0, 0.05) is 18.4 Å². The maximum Gasteiger partial charge on any atom is 0.434 e. The van der Waals surface area contributed by atoms with Gasteiger partial charge in [0.15, 0.2) is 25.7 Å². The second-order valence-electron chi connectivity index (χ2n) is 8.67. The molecule has 2 aromatic rings. The molecule has 0 bridgehead atoms. The van der Waals surface area contributed by atoms with E-state index < -0.39 is 26.0 Å². The molecule has 0 aliphatic heterocycles. The van der Waals surface area contributed by atoms with Crippen LogP contribution in [0.2, 0.25) is 18.1 Å². The van der Waals surface area contributed by atoms with Crippen molar-refractivity contribution < 1.29 is 22.0 Å². The van der Waals surface area contributed by atoms with E-state index in [0.29, 0.717) is 5.56 Å². The van der Waals surface area contributed by atoms with Gasteiger partial charge in [-0.3, -0.25) is 0 Å². The summed E-state index contributed by atoms with van der Waals surface area (Å²) < 4.78 is 61.1. The fourth-order valence-corrected chi connectivity index (χ4v) is 3.26. The van der Waals surface area contributed by atoms with Gasteiger partial charge in [-0.05, 0) is 43.6 Å². The predicted molar refractivity (Wildman–Crippen MR) is 103 cm³/mol. The van der Waals surface area contributed by atoms with Crippen LogP contribution in [0.25, 0.3) is 11.5 Å². The fraction of sp³-hybridized carbons (Fsp3) is 0.579. The molecular weight excluding hydrogens is 390 g/mol. The zero-order chi connectivity index (χ0) is 21.5. The molecule has 0 atom stereocenters. The van der Waals surface area contributed by atoms with Crippen LogP contribution in [-0.2, 0) is 17.2 Å². The molecule has 0 fully saturated rings. The van der Waals surface area contributed by atoms with Crippen LogP contribution in [-0.4, -0.2) is 22.9 Å². The number of nitrogens with zero attached hydrogens (tertiary/aromatic N) is 3. The Morgan fingerprint density at radius 1 is 1.18 bits per heavy atom. The van der Waals surface area contributed by atoms with Gasteiger partial charge in [0.05, 0.1) is 6.61 Å². The highest BCUT2D eigenvalue weighted by Gasteiger charge is 2.37. The highest BCUT2D eigenvalue weighted by Crippen LogP contribution is 2.37. The van der Waals surface area contributed by atoms with E-state index in [4.69, 9.17) is 4.43 Å². The third-order valence-electron chi connectivity index (χ3n) is 5.09. The van der Waals surface area contributed by atoms with E-state index in [9.17, 15) is 17.6 Å². The van der Waals surface area contributed by atoms with Crippen LogP contribution < -0.4 is 0 Å². The first-order valence-corrected chi connectivity index (χ1v) is 12.0. The third kappa shape index (κ3) is 4.80. The molecule has 4 nitrogen and oxygen atoms in total. The average molecular weight is 418 g/mol. The van der Waals surface area contributed by atoms with Crippen LogP contribution in [0.5, 0.6) is 0 Å². The largest absolute Gasteiger partial charge is 0.434 e. The van der Waals surface area contributed by atoms with Gasteiger partial charge in [-0.2, -0.15) is 13.2 Å². The summed E-state index contributed by atoms with van der Waals surface area (Å²) in [5.41, 5.74) is -0.743. The average Bonchev–Trinajstić information content (AvgIpc) is 2.97. The molecule has 0 amide bonds. The van der Waals surface area contributed by atoms with Gasteiger partial charge in [-0.15, -0.1) is 0 Å². The maximum atomic E-state index is 14.7. The molecule has 2 aromatic heterocycles. The summed E-state index contributed by atoms with van der Waals surface area (Å²) >= 11 is 0. The SMILES string of the molecule is CC(C)n1cc(C(F)(F)F)nc1-c1ncc(CO[Si](C)(C)C(C)(C)C)cc1F. The first-order chi connectivity index (χ1) is 12.6. The molecular formula is C19H27F4N3OSi. The molecule has 0 N–H and O–H groups in total. The minimum atomic E-state index is -4.61. The Morgan fingerprint density at radius 2 is 1.79 bits per heavy atom. The van der Waals surface area contributed by atoms with Gasteiger partial charge in [0.1, 0.15) is 5.69 Å². The molecule has 9 heteroatoms. The number of halogens is 4. The Morgan fingerprint density at radius 3 is 2.25 bits per heavy atom. The normalized spacial score (nSPS) is 13.4. The number of rotatable bonds is 5. The Kier molecular flexibility index (Phi) is 6.11. The highest BCUT2D eigenvalue weighted by atomic mass is 28.4. The number of alkyl halides is 3. The molecule has 0 saturated carbocycles. The van der Waals surface area contributed by atoms with Crippen molar-refractivity contribution in [1.29, 1.82) is 0 Å². The highest BCUT2D eigenvalue weighted by molar-refractivity contribution is 6.74. The van der Waals surface area contributed by atoms with Crippen molar-refractivity contribution >= 4 is 8.32 Å². The lowest BCUT2D eigenvalue weighted by molar-refractivity contribution is -0.140. The van der Waals surface area contributed by atoms with Crippen molar-refractivity contribution in [3.05, 3.63) is 35.5 Å². The monoisotopic (exact) mass is 417 g/mol. The van der Waals surface area contributed by atoms with E-state index >= 15 is 0 Å². The topological polar surface area (TPSA) is 39.9 Å². The maximum absolute atomic E-state index is 14.7. The second-order valence-corrected chi connectivity index (χ2v) is 13.5. The number of imidazole rings is 1. The van der Waals surface area contributed by atoms with Gasteiger partial charge in [0.25, 0.3) is 0 Å². The summed E-state index contributed by atoms with van der Waals surface area (Å²) in [6.45, 7) is 14.1. The van der Waals surface area contributed by atoms with E-state index in [0.717, 1.165) is 6.20 Å². The molecule has 0 aliphatic rings. The predicted octanol–water partition coefficient (Wildman–Crippen LogP) is 6.21. The number of hydrogen-bond donors (Lipinski definition) is 0. The van der Waals surface area contributed by atoms with Crippen molar-refractivity contribution in [2.45, 2.75) is 71.6 Å². The van der Waals surface area contributed by atoms with Gasteiger partial charge < -0.3 is 8.99 Å². The van der Waals surface area contributed by atoms with Crippen molar-refractivity contribution in [3.63, 3.8) is 0 Å². The first-order valence-electron chi connectivity index (χ1n) is 9.08. The first kappa shape index (κ1) is 22.5. The van der Waals surface area contributed by atoms with E-state index in [1.807, 2.05) is 0 Å². The number of pyridine rings is 1. The van der Waals surface area contributed by atoms with Crippen molar-refractivity contribution in [2.24, 2.45) is 0 Å². The smallest absolute Gasteiger partial charge is 0.412 e. The summed E-state index contributed by atoms with van der Waals surface area (Å²) in [6.07, 6.45) is -2.30. The minimum Gasteiger partial charge on any atom is -0.412 e. The van der Waals surface area contributed by atoms with Crippen molar-refractivity contribution in [1.82, 2.24) is 14.5 Å². The van der Waals surface area contributed by atoms with Crippen LogP contribution in [0, 0.1) is 5.82 Å². The van der Waals surface area contributed by atoms with E-state index in [2.05, 4.69) is 43.8 Å². The Hall–Kier alpha value is -1.74. The molecule has 0 aliphatic carbocycles. The van der Waals surface area contributed by atoms with Gasteiger partial charge in [0.2, 0.25) is 0 Å². The van der Waals surface area contributed by atoms with Crippen molar-refractivity contribution in [3.8, 4) is 11.5 Å². The lowest BCUT2D eigenvalue weighted by Gasteiger charge is -2.36. The standard InChI is InChI=1S/C19H27F4N3OSi/c1-12(2)26-10-15(19(21,22)23)25-17(26)16-14(20)8-13(9-24-16)11-27-28(6,7)18(3,4)5/h8-10,12H,11H2,1-7H3. The number of hydrogen-bond acceptors (Lipinski definition) is 3.